The van der Waals surface area contributed by atoms with Gasteiger partial charge in [0.05, 0.1) is 19.8 Å². The predicted octanol–water partition coefficient (Wildman–Crippen LogP) is 0.718. The molecule has 0 aromatic rings. The van der Waals surface area contributed by atoms with Gasteiger partial charge in [-0.15, -0.1) is 0 Å². The lowest BCUT2D eigenvalue weighted by molar-refractivity contribution is -0.173. The summed E-state index contributed by atoms with van der Waals surface area (Å²) < 4.78 is 44.8. The van der Waals surface area contributed by atoms with Crippen molar-refractivity contribution in [3.63, 3.8) is 0 Å². The quantitative estimate of drug-likeness (QED) is 0.654. The van der Waals surface area contributed by atoms with Crippen LogP contribution in [0, 0.1) is 0 Å². The number of rotatable bonds is 7. The minimum atomic E-state index is -4.83. The van der Waals surface area contributed by atoms with E-state index in [0.717, 1.165) is 0 Å². The summed E-state index contributed by atoms with van der Waals surface area (Å²) in [5, 5.41) is 1.68. The van der Waals surface area contributed by atoms with Gasteiger partial charge in [0, 0.05) is 13.2 Å². The van der Waals surface area contributed by atoms with Crippen LogP contribution in [-0.2, 0) is 14.3 Å². The molecule has 90 valence electrons. The Labute approximate surface area is 85.7 Å². The molecule has 0 saturated carbocycles. The molecule has 0 unspecified atom stereocenters. The summed E-state index contributed by atoms with van der Waals surface area (Å²) in [5.41, 5.74) is 0. The van der Waals surface area contributed by atoms with Crippen molar-refractivity contribution in [3.8, 4) is 0 Å². The van der Waals surface area contributed by atoms with E-state index in [-0.39, 0.29) is 13.2 Å². The molecular weight excluding hydrogens is 215 g/mol. The highest BCUT2D eigenvalue weighted by Gasteiger charge is 2.38. The number of halogens is 3. The number of carbonyl (C=O) groups excluding carboxylic acids is 1. The fraction of sp³-hybridized carbons (Fsp3) is 0.875. The van der Waals surface area contributed by atoms with Crippen LogP contribution in [0.3, 0.4) is 0 Å². The van der Waals surface area contributed by atoms with Gasteiger partial charge in [-0.2, -0.15) is 13.2 Å². The van der Waals surface area contributed by atoms with Crippen molar-refractivity contribution in [2.45, 2.75) is 13.1 Å². The van der Waals surface area contributed by atoms with Gasteiger partial charge >= 0.3 is 12.1 Å². The van der Waals surface area contributed by atoms with Crippen molar-refractivity contribution >= 4 is 5.91 Å². The average molecular weight is 229 g/mol. The molecule has 4 nitrogen and oxygen atoms in total. The van der Waals surface area contributed by atoms with E-state index < -0.39 is 12.1 Å². The van der Waals surface area contributed by atoms with Gasteiger partial charge in [-0.25, -0.2) is 0 Å². The Morgan fingerprint density at radius 3 is 2.33 bits per heavy atom. The Kier molecular flexibility index (Phi) is 7.06. The van der Waals surface area contributed by atoms with E-state index in [1.54, 1.807) is 5.32 Å². The molecular formula is C8H14F3NO3. The number of alkyl halides is 3. The molecule has 0 aromatic carbocycles. The fourth-order valence-corrected chi connectivity index (χ4v) is 0.701. The number of hydrogen-bond donors (Lipinski definition) is 1. The SMILES string of the molecule is CCOCCOCCNC(=O)C(F)(F)F. The third-order valence-corrected chi connectivity index (χ3v) is 1.37. The summed E-state index contributed by atoms with van der Waals surface area (Å²) in [5.74, 6) is -1.95. The zero-order chi connectivity index (χ0) is 11.7. The minimum Gasteiger partial charge on any atom is -0.379 e. The van der Waals surface area contributed by atoms with Gasteiger partial charge in [-0.1, -0.05) is 0 Å². The zero-order valence-corrected chi connectivity index (χ0v) is 8.39. The summed E-state index contributed by atoms with van der Waals surface area (Å²) in [7, 11) is 0. The van der Waals surface area contributed by atoms with E-state index in [0.29, 0.717) is 19.8 Å². The predicted molar refractivity (Wildman–Crippen MR) is 46.4 cm³/mol. The van der Waals surface area contributed by atoms with E-state index in [1.165, 1.54) is 0 Å². The van der Waals surface area contributed by atoms with Gasteiger partial charge in [0.25, 0.3) is 0 Å². The monoisotopic (exact) mass is 229 g/mol. The summed E-state index contributed by atoms with van der Waals surface area (Å²) in [4.78, 5) is 10.3. The molecule has 0 bridgehead atoms. The normalized spacial score (nSPS) is 11.5. The average Bonchev–Trinajstić information content (AvgIpc) is 2.14. The maximum atomic E-state index is 11.7. The van der Waals surface area contributed by atoms with Crippen LogP contribution >= 0.6 is 0 Å². The van der Waals surface area contributed by atoms with E-state index in [4.69, 9.17) is 9.47 Å². The van der Waals surface area contributed by atoms with Crippen molar-refractivity contribution in [1.82, 2.24) is 5.32 Å². The van der Waals surface area contributed by atoms with Crippen molar-refractivity contribution < 1.29 is 27.4 Å². The first kappa shape index (κ1) is 14.2. The van der Waals surface area contributed by atoms with Crippen LogP contribution in [0.15, 0.2) is 0 Å². The summed E-state index contributed by atoms with van der Waals surface area (Å²) in [6.07, 6.45) is -4.83. The van der Waals surface area contributed by atoms with E-state index in [2.05, 4.69) is 0 Å². The molecule has 1 amide bonds. The van der Waals surface area contributed by atoms with Gasteiger partial charge in [0.1, 0.15) is 0 Å². The molecule has 0 rings (SSSR count). The first-order valence-electron chi connectivity index (χ1n) is 4.49. The number of carbonyl (C=O) groups is 1. The van der Waals surface area contributed by atoms with Crippen LogP contribution < -0.4 is 5.32 Å². The lowest BCUT2D eigenvalue weighted by Gasteiger charge is -2.08. The fourth-order valence-electron chi connectivity index (χ4n) is 0.701. The second-order valence-electron chi connectivity index (χ2n) is 2.56. The smallest absolute Gasteiger partial charge is 0.379 e. The minimum absolute atomic E-state index is 0.0366. The molecule has 15 heavy (non-hydrogen) atoms. The third-order valence-electron chi connectivity index (χ3n) is 1.37. The Morgan fingerprint density at radius 1 is 1.20 bits per heavy atom. The summed E-state index contributed by atoms with van der Waals surface area (Å²) in [6.45, 7) is 2.95. The van der Waals surface area contributed by atoms with E-state index in [9.17, 15) is 18.0 Å². The topological polar surface area (TPSA) is 47.6 Å². The van der Waals surface area contributed by atoms with Crippen molar-refractivity contribution in [3.05, 3.63) is 0 Å². The van der Waals surface area contributed by atoms with Crippen LogP contribution in [0.25, 0.3) is 0 Å². The molecule has 0 saturated heterocycles. The lowest BCUT2D eigenvalue weighted by atomic mass is 10.5. The molecule has 0 fully saturated rings. The van der Waals surface area contributed by atoms with E-state index >= 15 is 0 Å². The first-order valence-corrected chi connectivity index (χ1v) is 4.49. The van der Waals surface area contributed by atoms with Crippen LogP contribution in [-0.4, -0.2) is 45.1 Å². The number of amides is 1. The second-order valence-corrected chi connectivity index (χ2v) is 2.56. The number of hydrogen-bond acceptors (Lipinski definition) is 3. The van der Waals surface area contributed by atoms with Crippen molar-refractivity contribution in [2.75, 3.05) is 33.0 Å². The van der Waals surface area contributed by atoms with Crippen molar-refractivity contribution in [1.29, 1.82) is 0 Å². The second kappa shape index (κ2) is 7.47. The summed E-state index contributed by atoms with van der Waals surface area (Å²) >= 11 is 0. The Hall–Kier alpha value is -0.820. The van der Waals surface area contributed by atoms with Crippen LogP contribution in [0.4, 0.5) is 13.2 Å². The molecule has 7 heteroatoms. The molecule has 0 radical (unpaired) electrons. The Morgan fingerprint density at radius 2 is 1.80 bits per heavy atom. The van der Waals surface area contributed by atoms with Gasteiger partial charge in [-0.3, -0.25) is 4.79 Å². The molecule has 0 aromatic heterocycles. The maximum absolute atomic E-state index is 11.7. The van der Waals surface area contributed by atoms with Crippen LogP contribution in [0.1, 0.15) is 6.92 Å². The van der Waals surface area contributed by atoms with Gasteiger partial charge in [-0.05, 0) is 6.92 Å². The molecule has 1 N–H and O–H groups in total. The first-order chi connectivity index (χ1) is 6.98. The molecule has 0 aliphatic carbocycles. The molecule has 0 aliphatic heterocycles. The lowest BCUT2D eigenvalue weighted by Crippen LogP contribution is -2.38. The number of nitrogens with one attached hydrogen (secondary N) is 1. The highest BCUT2D eigenvalue weighted by atomic mass is 19.4. The van der Waals surface area contributed by atoms with Crippen molar-refractivity contribution in [2.24, 2.45) is 0 Å². The largest absolute Gasteiger partial charge is 0.471 e. The number of ether oxygens (including phenoxy) is 2. The Balaban J connectivity index is 3.28. The van der Waals surface area contributed by atoms with Crippen LogP contribution in [0.5, 0.6) is 0 Å². The maximum Gasteiger partial charge on any atom is 0.471 e. The molecule has 0 aliphatic rings. The third kappa shape index (κ3) is 8.19. The molecule has 0 heterocycles. The van der Waals surface area contributed by atoms with Gasteiger partial charge < -0.3 is 14.8 Å². The van der Waals surface area contributed by atoms with E-state index in [1.807, 2.05) is 6.92 Å². The highest BCUT2D eigenvalue weighted by molar-refractivity contribution is 5.81. The van der Waals surface area contributed by atoms with Gasteiger partial charge in [0.15, 0.2) is 0 Å². The molecule has 0 atom stereocenters. The summed E-state index contributed by atoms with van der Waals surface area (Å²) in [6, 6.07) is 0. The molecule has 0 spiro atoms. The zero-order valence-electron chi connectivity index (χ0n) is 8.39. The Bertz CT molecular complexity index is 184. The standard InChI is InChI=1S/C8H14F3NO3/c1-2-14-5-6-15-4-3-12-7(13)8(9,10)11/h2-6H2,1H3,(H,12,13). The highest BCUT2D eigenvalue weighted by Crippen LogP contribution is 2.13. The van der Waals surface area contributed by atoms with Crippen LogP contribution in [0.2, 0.25) is 0 Å². The van der Waals surface area contributed by atoms with Gasteiger partial charge in [0.2, 0.25) is 0 Å².